The minimum absolute atomic E-state index is 0.0386. The van der Waals surface area contributed by atoms with Crippen molar-refractivity contribution in [2.45, 2.75) is 19.1 Å². The lowest BCUT2D eigenvalue weighted by molar-refractivity contribution is -0.141. The smallest absolute Gasteiger partial charge is 0.345 e. The van der Waals surface area contributed by atoms with E-state index in [2.05, 4.69) is 0 Å². The van der Waals surface area contributed by atoms with Gasteiger partial charge in [-0.05, 0) is 6.92 Å². The van der Waals surface area contributed by atoms with Crippen LogP contribution in [0.3, 0.4) is 0 Å². The number of aliphatic hydroxyl groups excluding tert-OH is 5. The fourth-order valence-corrected chi connectivity index (χ4v) is 4.10. The monoisotopic (exact) mass is 286 g/mol. The highest BCUT2D eigenvalue weighted by Gasteiger charge is 2.31. The van der Waals surface area contributed by atoms with Gasteiger partial charge in [0.25, 0.3) is 0 Å². The van der Waals surface area contributed by atoms with E-state index in [9.17, 15) is 9.90 Å². The van der Waals surface area contributed by atoms with Crippen molar-refractivity contribution in [3.05, 3.63) is 0 Å². The maximum absolute atomic E-state index is 11.4. The second-order valence-corrected chi connectivity index (χ2v) is 7.15. The van der Waals surface area contributed by atoms with Crippen LogP contribution in [0.5, 0.6) is 0 Å². The molecule has 110 valence electrons. The summed E-state index contributed by atoms with van der Waals surface area (Å²) >= 11 is 0. The van der Waals surface area contributed by atoms with Gasteiger partial charge < -0.3 is 29.7 Å². The fraction of sp³-hybridized carbons (Fsp3) is 0.900. The van der Waals surface area contributed by atoms with Gasteiger partial charge in [0, 0.05) is 17.3 Å². The SMILES string of the molecule is CC(O)C(=O)OS(CCO)(CCO)CC(O)CO. The van der Waals surface area contributed by atoms with Crippen LogP contribution in [0.1, 0.15) is 6.92 Å². The van der Waals surface area contributed by atoms with Gasteiger partial charge >= 0.3 is 5.97 Å². The van der Waals surface area contributed by atoms with E-state index in [0.717, 1.165) is 0 Å². The molecule has 0 amide bonds. The van der Waals surface area contributed by atoms with Gasteiger partial charge in [-0.3, -0.25) is 0 Å². The van der Waals surface area contributed by atoms with Crippen LogP contribution in [-0.4, -0.2) is 80.8 Å². The van der Waals surface area contributed by atoms with Gasteiger partial charge in [-0.25, -0.2) is 4.79 Å². The molecule has 2 unspecified atom stereocenters. The fourth-order valence-electron chi connectivity index (χ4n) is 1.37. The molecule has 8 heteroatoms. The molecular formula is C10H22O7S. The van der Waals surface area contributed by atoms with Crippen molar-refractivity contribution < 1.29 is 34.5 Å². The summed E-state index contributed by atoms with van der Waals surface area (Å²) in [5, 5.41) is 45.4. The molecule has 0 aliphatic rings. The Balaban J connectivity index is 4.88. The van der Waals surface area contributed by atoms with Crippen molar-refractivity contribution in [2.24, 2.45) is 0 Å². The predicted molar refractivity (Wildman–Crippen MR) is 67.2 cm³/mol. The number of hydrogen-bond acceptors (Lipinski definition) is 7. The van der Waals surface area contributed by atoms with Crippen molar-refractivity contribution in [1.82, 2.24) is 0 Å². The van der Waals surface area contributed by atoms with Gasteiger partial charge in [-0.1, -0.05) is 10.3 Å². The quantitative estimate of drug-likeness (QED) is 0.331. The number of aliphatic hydroxyl groups is 5. The number of carbonyl (C=O) groups excluding carboxylic acids is 1. The van der Waals surface area contributed by atoms with Crippen LogP contribution in [-0.2, 0) is 8.98 Å². The average Bonchev–Trinajstić information content (AvgIpc) is 2.29. The van der Waals surface area contributed by atoms with Crippen LogP contribution >= 0.6 is 10.3 Å². The first-order valence-corrected chi connectivity index (χ1v) is 7.65. The van der Waals surface area contributed by atoms with E-state index < -0.39 is 35.1 Å². The van der Waals surface area contributed by atoms with E-state index >= 15 is 0 Å². The molecule has 0 aromatic carbocycles. The minimum Gasteiger partial charge on any atom is -0.413 e. The van der Waals surface area contributed by atoms with E-state index in [1.807, 2.05) is 0 Å². The molecule has 0 aromatic heterocycles. The molecule has 0 saturated carbocycles. The molecule has 7 nitrogen and oxygen atoms in total. The zero-order valence-electron chi connectivity index (χ0n) is 10.4. The molecular weight excluding hydrogens is 264 g/mol. The van der Waals surface area contributed by atoms with Gasteiger partial charge in [0.2, 0.25) is 0 Å². The summed E-state index contributed by atoms with van der Waals surface area (Å²) in [7, 11) is -2.27. The molecule has 0 spiro atoms. The van der Waals surface area contributed by atoms with E-state index in [1.165, 1.54) is 6.92 Å². The number of rotatable bonds is 9. The van der Waals surface area contributed by atoms with Gasteiger partial charge in [0.15, 0.2) is 0 Å². The zero-order valence-corrected chi connectivity index (χ0v) is 11.2. The van der Waals surface area contributed by atoms with Crippen LogP contribution in [0.4, 0.5) is 0 Å². The summed E-state index contributed by atoms with van der Waals surface area (Å²) in [6.45, 7) is 0.186. The highest BCUT2D eigenvalue weighted by molar-refractivity contribution is 8.30. The van der Waals surface area contributed by atoms with Crippen molar-refractivity contribution >= 4 is 16.3 Å². The molecule has 18 heavy (non-hydrogen) atoms. The first-order chi connectivity index (χ1) is 8.40. The summed E-state index contributed by atoms with van der Waals surface area (Å²) in [6, 6.07) is 0. The van der Waals surface area contributed by atoms with Gasteiger partial charge in [-0.15, -0.1) is 0 Å². The van der Waals surface area contributed by atoms with Crippen molar-refractivity contribution in [1.29, 1.82) is 0 Å². The Morgan fingerprint density at radius 2 is 1.67 bits per heavy atom. The third kappa shape index (κ3) is 5.98. The lowest BCUT2D eigenvalue weighted by Gasteiger charge is -2.39. The zero-order chi connectivity index (χ0) is 14.2. The normalized spacial score (nSPS) is 16.1. The Bertz CT molecular complexity index is 240. The largest absolute Gasteiger partial charge is 0.413 e. The van der Waals surface area contributed by atoms with Crippen molar-refractivity contribution in [2.75, 3.05) is 37.1 Å². The molecule has 0 fully saturated rings. The van der Waals surface area contributed by atoms with Crippen molar-refractivity contribution in [3.8, 4) is 0 Å². The van der Waals surface area contributed by atoms with Gasteiger partial charge in [-0.2, -0.15) is 0 Å². The maximum Gasteiger partial charge on any atom is 0.345 e. The Morgan fingerprint density at radius 1 is 1.17 bits per heavy atom. The molecule has 0 aromatic rings. The second-order valence-electron chi connectivity index (χ2n) is 3.90. The summed E-state index contributed by atoms with van der Waals surface area (Å²) < 4.78 is 5.16. The van der Waals surface area contributed by atoms with Crippen molar-refractivity contribution in [3.63, 3.8) is 0 Å². The van der Waals surface area contributed by atoms with Gasteiger partial charge in [0.1, 0.15) is 6.10 Å². The highest BCUT2D eigenvalue weighted by Crippen LogP contribution is 2.49. The van der Waals surface area contributed by atoms with E-state index in [0.29, 0.717) is 0 Å². The van der Waals surface area contributed by atoms with Crippen LogP contribution in [0.15, 0.2) is 0 Å². The first kappa shape index (κ1) is 17.6. The van der Waals surface area contributed by atoms with Crippen LogP contribution in [0, 0.1) is 0 Å². The standard InChI is InChI=1S/C10H22O7S/c1-8(14)10(16)17-18(4-2-11,5-3-12)7-9(15)6-13/h8-9,11-15H,2-7H2,1H3. The lowest BCUT2D eigenvalue weighted by Crippen LogP contribution is -2.33. The molecule has 5 N–H and O–H groups in total. The Labute approximate surface area is 108 Å². The third-order valence-electron chi connectivity index (χ3n) is 2.23. The predicted octanol–water partition coefficient (Wildman–Crippen LogP) is -2.03. The Morgan fingerprint density at radius 3 is 2.00 bits per heavy atom. The molecule has 2 atom stereocenters. The van der Waals surface area contributed by atoms with Gasteiger partial charge in [0.05, 0.1) is 25.9 Å². The van der Waals surface area contributed by atoms with Crippen LogP contribution in [0.25, 0.3) is 0 Å². The average molecular weight is 286 g/mol. The number of hydrogen-bond donors (Lipinski definition) is 5. The summed E-state index contributed by atoms with van der Waals surface area (Å²) in [6.07, 6.45) is -2.42. The molecule has 0 radical (unpaired) electrons. The molecule has 0 aliphatic carbocycles. The van der Waals surface area contributed by atoms with E-state index in [4.69, 9.17) is 24.6 Å². The molecule has 0 saturated heterocycles. The second kappa shape index (κ2) is 8.68. The summed E-state index contributed by atoms with van der Waals surface area (Å²) in [5.41, 5.74) is 0. The Kier molecular flexibility index (Phi) is 8.49. The molecule has 0 rings (SSSR count). The topological polar surface area (TPSA) is 127 Å². The first-order valence-electron chi connectivity index (χ1n) is 5.59. The number of carbonyl (C=O) groups is 1. The highest BCUT2D eigenvalue weighted by atomic mass is 32.3. The lowest BCUT2D eigenvalue weighted by atomic mass is 10.4. The molecule has 0 aliphatic heterocycles. The summed E-state index contributed by atoms with van der Waals surface area (Å²) in [5.74, 6) is -0.730. The minimum atomic E-state index is -2.27. The molecule has 0 heterocycles. The molecule has 0 bridgehead atoms. The van der Waals surface area contributed by atoms with Crippen LogP contribution in [0.2, 0.25) is 0 Å². The van der Waals surface area contributed by atoms with E-state index in [-0.39, 0.29) is 30.5 Å². The summed E-state index contributed by atoms with van der Waals surface area (Å²) in [4.78, 5) is 11.4. The Hall–Kier alpha value is -0.380. The van der Waals surface area contributed by atoms with E-state index in [1.54, 1.807) is 0 Å². The van der Waals surface area contributed by atoms with Crippen LogP contribution < -0.4 is 0 Å². The third-order valence-corrected chi connectivity index (χ3v) is 5.60. The maximum atomic E-state index is 11.4.